The standard InChI is InChI=1S/C16H21N3O3S4/c1-12-10-24-16(18-12)25-11-14(20)19-6-2-4-13(9-19)8-17-26(21,22)15-5-3-7-23-15/h3,5,7,10,13,17H,2,4,6,8-9,11H2,1H3. The molecule has 2 aromatic heterocycles. The first-order valence-corrected chi connectivity index (χ1v) is 12.5. The fourth-order valence-corrected chi connectivity index (χ4v) is 6.69. The van der Waals surface area contributed by atoms with Crippen LogP contribution in [-0.4, -0.2) is 49.6 Å². The number of aryl methyl sites for hydroxylation is 1. The average Bonchev–Trinajstić information content (AvgIpc) is 3.30. The smallest absolute Gasteiger partial charge is 0.250 e. The van der Waals surface area contributed by atoms with Gasteiger partial charge in [-0.15, -0.1) is 22.7 Å². The normalized spacial score (nSPS) is 18.2. The predicted molar refractivity (Wildman–Crippen MR) is 106 cm³/mol. The summed E-state index contributed by atoms with van der Waals surface area (Å²) < 4.78 is 28.4. The number of thiophene rings is 1. The number of nitrogens with zero attached hydrogens (tertiary/aromatic N) is 2. The van der Waals surface area contributed by atoms with E-state index in [1.165, 1.54) is 23.1 Å². The molecule has 6 nitrogen and oxygen atoms in total. The number of rotatable bonds is 7. The number of piperidine rings is 1. The number of likely N-dealkylation sites (tertiary alicyclic amines) is 1. The molecule has 142 valence electrons. The Bertz CT molecular complexity index is 833. The highest BCUT2D eigenvalue weighted by Gasteiger charge is 2.25. The second-order valence-corrected chi connectivity index (χ2v) is 11.2. The minimum atomic E-state index is -3.44. The number of carbonyl (C=O) groups is 1. The third-order valence-corrected chi connectivity index (χ3v) is 9.06. The molecule has 1 fully saturated rings. The highest BCUT2D eigenvalue weighted by atomic mass is 32.2. The van der Waals surface area contributed by atoms with Gasteiger partial charge in [0.25, 0.3) is 0 Å². The summed E-state index contributed by atoms with van der Waals surface area (Å²) in [6.07, 6.45) is 1.83. The van der Waals surface area contributed by atoms with Gasteiger partial charge in [0.15, 0.2) is 4.34 Å². The molecule has 0 aromatic carbocycles. The van der Waals surface area contributed by atoms with Gasteiger partial charge in [-0.2, -0.15) is 0 Å². The van der Waals surface area contributed by atoms with Gasteiger partial charge in [0, 0.05) is 30.7 Å². The number of aromatic nitrogens is 1. The first kappa shape index (κ1) is 19.8. The van der Waals surface area contributed by atoms with E-state index in [0.717, 1.165) is 29.4 Å². The van der Waals surface area contributed by atoms with Crippen molar-refractivity contribution in [3.63, 3.8) is 0 Å². The average molecular weight is 432 g/mol. The monoisotopic (exact) mass is 431 g/mol. The van der Waals surface area contributed by atoms with E-state index in [0.29, 0.717) is 23.1 Å². The van der Waals surface area contributed by atoms with Crippen molar-refractivity contribution in [3.05, 3.63) is 28.6 Å². The van der Waals surface area contributed by atoms with E-state index in [-0.39, 0.29) is 11.8 Å². The summed E-state index contributed by atoms with van der Waals surface area (Å²) >= 11 is 4.23. The quantitative estimate of drug-likeness (QED) is 0.682. The Kier molecular flexibility index (Phi) is 6.73. The minimum Gasteiger partial charge on any atom is -0.342 e. The van der Waals surface area contributed by atoms with Gasteiger partial charge in [0.1, 0.15) is 4.21 Å². The number of thioether (sulfide) groups is 1. The molecule has 1 aliphatic heterocycles. The van der Waals surface area contributed by atoms with Crippen LogP contribution in [0.1, 0.15) is 18.5 Å². The van der Waals surface area contributed by atoms with Gasteiger partial charge >= 0.3 is 0 Å². The molecule has 1 N–H and O–H groups in total. The molecule has 2 aromatic rings. The van der Waals surface area contributed by atoms with Crippen molar-refractivity contribution in [2.24, 2.45) is 5.92 Å². The molecular formula is C16H21N3O3S4. The number of hydrogen-bond acceptors (Lipinski definition) is 7. The van der Waals surface area contributed by atoms with E-state index in [2.05, 4.69) is 9.71 Å². The van der Waals surface area contributed by atoms with Crippen LogP contribution in [0.15, 0.2) is 31.4 Å². The lowest BCUT2D eigenvalue weighted by molar-refractivity contribution is -0.130. The third kappa shape index (κ3) is 5.29. The maximum atomic E-state index is 12.5. The zero-order valence-electron chi connectivity index (χ0n) is 14.4. The van der Waals surface area contributed by atoms with Gasteiger partial charge in [-0.25, -0.2) is 18.1 Å². The van der Waals surface area contributed by atoms with Crippen LogP contribution < -0.4 is 4.72 Å². The maximum Gasteiger partial charge on any atom is 0.250 e. The SMILES string of the molecule is Cc1csc(SCC(=O)N2CCCC(CNS(=O)(=O)c3cccs3)C2)n1. The van der Waals surface area contributed by atoms with Crippen LogP contribution >= 0.6 is 34.4 Å². The molecule has 0 spiro atoms. The predicted octanol–water partition coefficient (Wildman–Crippen LogP) is 2.82. The van der Waals surface area contributed by atoms with E-state index in [9.17, 15) is 13.2 Å². The van der Waals surface area contributed by atoms with E-state index < -0.39 is 10.0 Å². The molecule has 0 saturated carbocycles. The van der Waals surface area contributed by atoms with Crippen molar-refractivity contribution in [3.8, 4) is 0 Å². The van der Waals surface area contributed by atoms with E-state index >= 15 is 0 Å². The number of nitrogens with one attached hydrogen (secondary N) is 1. The summed E-state index contributed by atoms with van der Waals surface area (Å²) in [5, 5.41) is 3.72. The summed E-state index contributed by atoms with van der Waals surface area (Å²) in [6.45, 7) is 3.64. The number of amides is 1. The third-order valence-electron chi connectivity index (χ3n) is 4.11. The Morgan fingerprint density at radius 1 is 1.46 bits per heavy atom. The lowest BCUT2D eigenvalue weighted by Gasteiger charge is -2.32. The van der Waals surface area contributed by atoms with E-state index in [4.69, 9.17) is 0 Å². The first-order chi connectivity index (χ1) is 12.4. The highest BCUT2D eigenvalue weighted by Crippen LogP contribution is 2.24. The van der Waals surface area contributed by atoms with Crippen LogP contribution in [0.3, 0.4) is 0 Å². The number of carbonyl (C=O) groups excluding carboxylic acids is 1. The molecule has 1 atom stereocenters. The van der Waals surface area contributed by atoms with Gasteiger partial charge in [-0.1, -0.05) is 17.8 Å². The van der Waals surface area contributed by atoms with Crippen molar-refractivity contribution in [2.75, 3.05) is 25.4 Å². The number of thiazole rings is 1. The Morgan fingerprint density at radius 2 is 2.31 bits per heavy atom. The van der Waals surface area contributed by atoms with Gasteiger partial charge in [-0.05, 0) is 37.1 Å². The molecule has 26 heavy (non-hydrogen) atoms. The Hall–Kier alpha value is -0.940. The zero-order valence-corrected chi connectivity index (χ0v) is 17.6. The van der Waals surface area contributed by atoms with Crippen molar-refractivity contribution >= 4 is 50.4 Å². The molecule has 1 aliphatic rings. The topological polar surface area (TPSA) is 79.4 Å². The Labute approximate surface area is 166 Å². The van der Waals surface area contributed by atoms with Gasteiger partial charge in [0.05, 0.1) is 5.75 Å². The second kappa shape index (κ2) is 8.83. The lowest BCUT2D eigenvalue weighted by Crippen LogP contribution is -2.44. The summed E-state index contributed by atoms with van der Waals surface area (Å²) in [5.74, 6) is 0.615. The van der Waals surface area contributed by atoms with E-state index in [1.807, 2.05) is 17.2 Å². The lowest BCUT2D eigenvalue weighted by atomic mass is 9.98. The van der Waals surface area contributed by atoms with Crippen LogP contribution in [0, 0.1) is 12.8 Å². The van der Waals surface area contributed by atoms with Crippen LogP contribution in [0.4, 0.5) is 0 Å². The van der Waals surface area contributed by atoms with Gasteiger partial charge in [0.2, 0.25) is 15.9 Å². The fraction of sp³-hybridized carbons (Fsp3) is 0.500. The van der Waals surface area contributed by atoms with Gasteiger partial charge < -0.3 is 4.90 Å². The van der Waals surface area contributed by atoms with Crippen LogP contribution in [-0.2, 0) is 14.8 Å². The molecule has 1 saturated heterocycles. The molecular weight excluding hydrogens is 410 g/mol. The van der Waals surface area contributed by atoms with Crippen LogP contribution in [0.2, 0.25) is 0 Å². The Balaban J connectivity index is 1.48. The van der Waals surface area contributed by atoms with Crippen LogP contribution in [0.25, 0.3) is 0 Å². The molecule has 0 radical (unpaired) electrons. The fourth-order valence-electron chi connectivity index (χ4n) is 2.79. The Morgan fingerprint density at radius 3 is 3.00 bits per heavy atom. The van der Waals surface area contributed by atoms with Crippen molar-refractivity contribution in [1.82, 2.24) is 14.6 Å². The molecule has 1 unspecified atom stereocenters. The molecule has 3 rings (SSSR count). The largest absolute Gasteiger partial charge is 0.342 e. The first-order valence-electron chi connectivity index (χ1n) is 8.30. The second-order valence-electron chi connectivity index (χ2n) is 6.18. The minimum absolute atomic E-state index is 0.0914. The van der Waals surface area contributed by atoms with Crippen molar-refractivity contribution < 1.29 is 13.2 Å². The highest BCUT2D eigenvalue weighted by molar-refractivity contribution is 8.01. The molecule has 1 amide bonds. The van der Waals surface area contributed by atoms with E-state index in [1.54, 1.807) is 28.8 Å². The molecule has 10 heteroatoms. The number of hydrogen-bond donors (Lipinski definition) is 1. The summed E-state index contributed by atoms with van der Waals surface area (Å²) in [4.78, 5) is 18.7. The zero-order chi connectivity index (χ0) is 18.6. The molecule has 0 aliphatic carbocycles. The summed E-state index contributed by atoms with van der Waals surface area (Å²) in [7, 11) is -3.44. The van der Waals surface area contributed by atoms with Crippen molar-refractivity contribution in [2.45, 2.75) is 28.3 Å². The molecule has 3 heterocycles. The summed E-state index contributed by atoms with van der Waals surface area (Å²) in [5.41, 5.74) is 0.973. The van der Waals surface area contributed by atoms with Crippen LogP contribution in [0.5, 0.6) is 0 Å². The number of sulfonamides is 1. The van der Waals surface area contributed by atoms with Crippen molar-refractivity contribution in [1.29, 1.82) is 0 Å². The maximum absolute atomic E-state index is 12.5. The summed E-state index contributed by atoms with van der Waals surface area (Å²) in [6, 6.07) is 3.32. The molecule has 0 bridgehead atoms. The van der Waals surface area contributed by atoms with Gasteiger partial charge in [-0.3, -0.25) is 4.79 Å².